The molecule has 0 spiro atoms. The van der Waals surface area contributed by atoms with E-state index in [2.05, 4.69) is 12.1 Å². The van der Waals surface area contributed by atoms with Crippen molar-refractivity contribution in [2.75, 3.05) is 0 Å². The van der Waals surface area contributed by atoms with Crippen LogP contribution in [-0.2, 0) is 4.74 Å². The van der Waals surface area contributed by atoms with Gasteiger partial charge in [-0.15, -0.1) is 0 Å². The molecule has 2 bridgehead atoms. The van der Waals surface area contributed by atoms with Crippen LogP contribution >= 0.6 is 0 Å². The summed E-state index contributed by atoms with van der Waals surface area (Å²) in [5, 5.41) is 8.56. The lowest BCUT2D eigenvalue weighted by Gasteiger charge is -2.35. The number of unbranched alkanes of at least 4 members (excludes halogenated alkanes) is 2. The normalized spacial score (nSPS) is 24.5. The number of fused-ring (bicyclic) bond motifs is 2. The molecule has 0 aromatic heterocycles. The average Bonchev–Trinajstić information content (AvgIpc) is 2.65. The molecule has 21 heavy (non-hydrogen) atoms. The van der Waals surface area contributed by atoms with Gasteiger partial charge in [0.25, 0.3) is 0 Å². The number of hydrogen-bond acceptors (Lipinski definition) is 3. The van der Waals surface area contributed by atoms with Gasteiger partial charge in [-0.25, -0.2) is 4.79 Å². The van der Waals surface area contributed by atoms with Crippen LogP contribution in [0.2, 0.25) is 0 Å². The topological polar surface area (TPSA) is 53.3 Å². The summed E-state index contributed by atoms with van der Waals surface area (Å²) in [7, 11) is 0. The maximum atomic E-state index is 12.3. The van der Waals surface area contributed by atoms with Gasteiger partial charge in [0.05, 0.1) is 12.1 Å². The number of carbonyl (C=O) groups is 1. The number of ether oxygens (including phenoxy) is 1. The Bertz CT molecular complexity index is 456. The van der Waals surface area contributed by atoms with E-state index in [4.69, 9.17) is 10.00 Å². The van der Waals surface area contributed by atoms with Crippen LogP contribution in [0.4, 0.5) is 4.79 Å². The molecular weight excluding hydrogens is 264 g/mol. The Labute approximate surface area is 127 Å². The fraction of sp³-hybridized carbons (Fsp3) is 0.765. The SMILES string of the molecule is CC(C)(C)OC(=O)N1C2C=C(CCCCC#N)CC1CC2. The van der Waals surface area contributed by atoms with Crippen LogP contribution in [0.15, 0.2) is 11.6 Å². The molecule has 2 heterocycles. The molecule has 2 rings (SSSR count). The summed E-state index contributed by atoms with van der Waals surface area (Å²) in [5.74, 6) is 0. The average molecular weight is 290 g/mol. The summed E-state index contributed by atoms with van der Waals surface area (Å²) in [5.41, 5.74) is 1.03. The molecule has 2 aliphatic heterocycles. The predicted octanol–water partition coefficient (Wildman–Crippen LogP) is 4.17. The third-order valence-electron chi connectivity index (χ3n) is 4.11. The summed E-state index contributed by atoms with van der Waals surface area (Å²) < 4.78 is 5.53. The predicted molar refractivity (Wildman–Crippen MR) is 81.7 cm³/mol. The van der Waals surface area contributed by atoms with E-state index in [0.717, 1.165) is 38.5 Å². The molecule has 4 heteroatoms. The lowest BCUT2D eigenvalue weighted by atomic mass is 9.96. The quantitative estimate of drug-likeness (QED) is 0.577. The Morgan fingerprint density at radius 3 is 2.81 bits per heavy atom. The van der Waals surface area contributed by atoms with Gasteiger partial charge >= 0.3 is 6.09 Å². The summed E-state index contributed by atoms with van der Waals surface area (Å²) in [6, 6.07) is 2.71. The molecule has 0 N–H and O–H groups in total. The number of hydrogen-bond donors (Lipinski definition) is 0. The molecular formula is C17H26N2O2. The van der Waals surface area contributed by atoms with E-state index < -0.39 is 5.60 Å². The first kappa shape index (κ1) is 15.9. The van der Waals surface area contributed by atoms with Gasteiger partial charge in [-0.3, -0.25) is 4.90 Å². The van der Waals surface area contributed by atoms with E-state index in [1.807, 2.05) is 25.7 Å². The largest absolute Gasteiger partial charge is 0.444 e. The molecule has 2 unspecified atom stereocenters. The van der Waals surface area contributed by atoms with Gasteiger partial charge in [0, 0.05) is 12.5 Å². The van der Waals surface area contributed by atoms with Gasteiger partial charge in [0.2, 0.25) is 0 Å². The first-order valence-corrected chi connectivity index (χ1v) is 7.98. The van der Waals surface area contributed by atoms with Crippen LogP contribution in [0, 0.1) is 11.3 Å². The summed E-state index contributed by atoms with van der Waals surface area (Å²) in [4.78, 5) is 14.3. The zero-order chi connectivity index (χ0) is 15.5. The third kappa shape index (κ3) is 4.23. The van der Waals surface area contributed by atoms with Crippen molar-refractivity contribution in [1.29, 1.82) is 5.26 Å². The zero-order valence-electron chi connectivity index (χ0n) is 13.4. The molecule has 1 saturated heterocycles. The van der Waals surface area contributed by atoms with Gasteiger partial charge in [0.1, 0.15) is 5.60 Å². The maximum absolute atomic E-state index is 12.3. The highest BCUT2D eigenvalue weighted by Crippen LogP contribution is 2.37. The van der Waals surface area contributed by atoms with Crippen LogP contribution in [0.3, 0.4) is 0 Å². The fourth-order valence-electron chi connectivity index (χ4n) is 3.26. The summed E-state index contributed by atoms with van der Waals surface area (Å²) >= 11 is 0. The molecule has 0 aromatic carbocycles. The molecule has 0 saturated carbocycles. The van der Waals surface area contributed by atoms with Crippen molar-refractivity contribution in [3.05, 3.63) is 11.6 Å². The molecule has 0 aliphatic carbocycles. The lowest BCUT2D eigenvalue weighted by Crippen LogP contribution is -2.45. The molecule has 1 amide bonds. The van der Waals surface area contributed by atoms with Crippen LogP contribution in [0.1, 0.15) is 65.7 Å². The van der Waals surface area contributed by atoms with Gasteiger partial charge in [-0.1, -0.05) is 11.6 Å². The van der Waals surface area contributed by atoms with Crippen LogP contribution < -0.4 is 0 Å². The third-order valence-corrected chi connectivity index (χ3v) is 4.11. The summed E-state index contributed by atoms with van der Waals surface area (Å²) in [6.45, 7) is 5.73. The first-order valence-electron chi connectivity index (χ1n) is 7.98. The molecule has 0 radical (unpaired) electrons. The van der Waals surface area contributed by atoms with Gasteiger partial charge < -0.3 is 4.74 Å². The Balaban J connectivity index is 1.93. The van der Waals surface area contributed by atoms with Crippen molar-refractivity contribution < 1.29 is 9.53 Å². The second-order valence-electron chi connectivity index (χ2n) is 7.08. The van der Waals surface area contributed by atoms with Crippen molar-refractivity contribution in [2.24, 2.45) is 0 Å². The summed E-state index contributed by atoms with van der Waals surface area (Å²) in [6.07, 6.45) is 8.94. The van der Waals surface area contributed by atoms with E-state index in [-0.39, 0.29) is 12.1 Å². The van der Waals surface area contributed by atoms with E-state index in [9.17, 15) is 4.79 Å². The molecule has 116 valence electrons. The first-order chi connectivity index (χ1) is 9.90. The highest BCUT2D eigenvalue weighted by Gasteiger charge is 2.41. The second-order valence-corrected chi connectivity index (χ2v) is 7.08. The smallest absolute Gasteiger partial charge is 0.411 e. The highest BCUT2D eigenvalue weighted by molar-refractivity contribution is 5.70. The fourth-order valence-corrected chi connectivity index (χ4v) is 3.26. The van der Waals surface area contributed by atoms with Crippen molar-refractivity contribution in [3.8, 4) is 6.07 Å². The zero-order valence-corrected chi connectivity index (χ0v) is 13.4. The van der Waals surface area contributed by atoms with Gasteiger partial charge in [0.15, 0.2) is 0 Å². The minimum Gasteiger partial charge on any atom is -0.444 e. The Hall–Kier alpha value is -1.50. The Morgan fingerprint density at radius 1 is 1.43 bits per heavy atom. The minimum absolute atomic E-state index is 0.171. The molecule has 1 fully saturated rings. The highest BCUT2D eigenvalue weighted by atomic mass is 16.6. The van der Waals surface area contributed by atoms with E-state index in [0.29, 0.717) is 12.5 Å². The van der Waals surface area contributed by atoms with E-state index in [1.54, 1.807) is 0 Å². The molecule has 0 aromatic rings. The monoisotopic (exact) mass is 290 g/mol. The van der Waals surface area contributed by atoms with E-state index in [1.165, 1.54) is 5.57 Å². The molecule has 2 aliphatic rings. The van der Waals surface area contributed by atoms with E-state index >= 15 is 0 Å². The number of amides is 1. The van der Waals surface area contributed by atoms with Gasteiger partial charge in [-0.2, -0.15) is 5.26 Å². The Morgan fingerprint density at radius 2 is 2.19 bits per heavy atom. The number of nitrogens with zero attached hydrogens (tertiary/aromatic N) is 2. The van der Waals surface area contributed by atoms with Crippen molar-refractivity contribution >= 4 is 6.09 Å². The number of rotatable bonds is 4. The minimum atomic E-state index is -0.433. The van der Waals surface area contributed by atoms with Crippen molar-refractivity contribution in [3.63, 3.8) is 0 Å². The Kier molecular flexibility index (Phi) is 4.92. The molecule has 2 atom stereocenters. The van der Waals surface area contributed by atoms with Crippen molar-refractivity contribution in [2.45, 2.75) is 83.4 Å². The van der Waals surface area contributed by atoms with Crippen LogP contribution in [-0.4, -0.2) is 28.7 Å². The maximum Gasteiger partial charge on any atom is 0.411 e. The number of nitriles is 1. The lowest BCUT2D eigenvalue weighted by molar-refractivity contribution is 0.0166. The van der Waals surface area contributed by atoms with Crippen molar-refractivity contribution in [1.82, 2.24) is 4.90 Å². The van der Waals surface area contributed by atoms with Crippen LogP contribution in [0.25, 0.3) is 0 Å². The van der Waals surface area contributed by atoms with Gasteiger partial charge in [-0.05, 0) is 59.3 Å². The second kappa shape index (κ2) is 6.51. The standard InChI is InChI=1S/C17H26N2O2/c1-17(2,3)21-16(20)19-14-8-9-15(19)12-13(11-14)7-5-4-6-10-18/h11,14-15H,4-9,12H2,1-3H3. The van der Waals surface area contributed by atoms with Crippen LogP contribution in [0.5, 0.6) is 0 Å². The molecule has 4 nitrogen and oxygen atoms in total. The number of carbonyl (C=O) groups excluding carboxylic acids is 1.